The molecule has 1 amide bonds. The van der Waals surface area contributed by atoms with E-state index in [1.54, 1.807) is 19.1 Å². The third-order valence-corrected chi connectivity index (χ3v) is 5.81. The van der Waals surface area contributed by atoms with Gasteiger partial charge in [-0.2, -0.15) is 0 Å². The summed E-state index contributed by atoms with van der Waals surface area (Å²) >= 11 is 1.54. The summed E-state index contributed by atoms with van der Waals surface area (Å²) in [6.45, 7) is 2.13. The molecule has 2 N–H and O–H groups in total. The van der Waals surface area contributed by atoms with Crippen LogP contribution in [0.2, 0.25) is 0 Å². The largest absolute Gasteiger partial charge is 0.361 e. The number of carbonyl (C=O) groups is 1. The number of aromatic nitrogens is 1. The molecule has 0 aliphatic heterocycles. The van der Waals surface area contributed by atoms with Gasteiger partial charge in [0.15, 0.2) is 0 Å². The average molecular weight is 391 g/mol. The minimum Gasteiger partial charge on any atom is -0.361 e. The summed E-state index contributed by atoms with van der Waals surface area (Å²) in [5.74, 6) is 0.270. The lowest BCUT2D eigenvalue weighted by atomic mass is 10.2. The van der Waals surface area contributed by atoms with Crippen molar-refractivity contribution in [2.75, 3.05) is 0 Å². The number of amides is 1. The Labute approximate surface area is 155 Å². The minimum absolute atomic E-state index is 0.00841. The molecule has 2 heterocycles. The maximum absolute atomic E-state index is 12.4. The van der Waals surface area contributed by atoms with Gasteiger partial charge in [-0.15, -0.1) is 11.3 Å². The fourth-order valence-corrected chi connectivity index (χ4v) is 3.93. The van der Waals surface area contributed by atoms with E-state index in [0.717, 1.165) is 4.88 Å². The molecule has 3 aromatic rings. The van der Waals surface area contributed by atoms with Crippen LogP contribution in [0.25, 0.3) is 0 Å². The molecule has 3 rings (SSSR count). The standard InChI is InChI=1S/C17H17N3O4S2/c1-12-8-14(20-24-12)10-19-26(22,23)16-6-2-4-13(9-16)17(21)18-11-15-5-3-7-25-15/h2-9,19H,10-11H2,1H3,(H,18,21). The molecule has 0 bridgehead atoms. The second kappa shape index (κ2) is 7.81. The number of rotatable bonds is 7. The van der Waals surface area contributed by atoms with Gasteiger partial charge in [0.25, 0.3) is 5.91 Å². The molecule has 0 spiro atoms. The van der Waals surface area contributed by atoms with E-state index in [-0.39, 0.29) is 22.9 Å². The number of nitrogens with zero attached hydrogens (tertiary/aromatic N) is 1. The van der Waals surface area contributed by atoms with Gasteiger partial charge in [0.05, 0.1) is 23.7 Å². The normalized spacial score (nSPS) is 11.4. The molecular formula is C17H17N3O4S2. The SMILES string of the molecule is Cc1cc(CNS(=O)(=O)c2cccc(C(=O)NCc3cccs3)c2)no1. The van der Waals surface area contributed by atoms with E-state index in [0.29, 0.717) is 18.0 Å². The lowest BCUT2D eigenvalue weighted by Crippen LogP contribution is -2.25. The van der Waals surface area contributed by atoms with Gasteiger partial charge in [-0.05, 0) is 36.6 Å². The van der Waals surface area contributed by atoms with Crippen molar-refractivity contribution < 1.29 is 17.7 Å². The summed E-state index contributed by atoms with van der Waals surface area (Å²) in [6.07, 6.45) is 0. The maximum Gasteiger partial charge on any atom is 0.251 e. The van der Waals surface area contributed by atoms with Crippen LogP contribution in [0, 0.1) is 6.92 Å². The molecule has 0 radical (unpaired) electrons. The predicted octanol–water partition coefficient (Wildman–Crippen LogP) is 2.45. The zero-order chi connectivity index (χ0) is 18.6. The Bertz CT molecular complexity index is 995. The van der Waals surface area contributed by atoms with Crippen molar-refractivity contribution in [1.29, 1.82) is 0 Å². The second-order valence-electron chi connectivity index (χ2n) is 5.54. The van der Waals surface area contributed by atoms with E-state index in [1.165, 1.54) is 29.5 Å². The molecule has 0 aliphatic carbocycles. The highest BCUT2D eigenvalue weighted by molar-refractivity contribution is 7.89. The van der Waals surface area contributed by atoms with Gasteiger partial charge < -0.3 is 9.84 Å². The van der Waals surface area contributed by atoms with Crippen LogP contribution in [0.15, 0.2) is 57.3 Å². The smallest absolute Gasteiger partial charge is 0.251 e. The Morgan fingerprint density at radius 2 is 2.04 bits per heavy atom. The molecule has 0 atom stereocenters. The van der Waals surface area contributed by atoms with Crippen molar-refractivity contribution in [2.45, 2.75) is 24.9 Å². The number of thiophene rings is 1. The molecule has 1 aromatic carbocycles. The average Bonchev–Trinajstić information content (AvgIpc) is 3.29. The Morgan fingerprint density at radius 3 is 2.73 bits per heavy atom. The van der Waals surface area contributed by atoms with Crippen LogP contribution >= 0.6 is 11.3 Å². The van der Waals surface area contributed by atoms with E-state index in [4.69, 9.17) is 4.52 Å². The summed E-state index contributed by atoms with van der Waals surface area (Å²) in [6, 6.07) is 11.4. The van der Waals surface area contributed by atoms with Crippen molar-refractivity contribution in [3.8, 4) is 0 Å². The number of hydrogen-bond acceptors (Lipinski definition) is 6. The predicted molar refractivity (Wildman–Crippen MR) is 97.2 cm³/mol. The van der Waals surface area contributed by atoms with Crippen LogP contribution in [0.5, 0.6) is 0 Å². The second-order valence-corrected chi connectivity index (χ2v) is 8.34. The van der Waals surface area contributed by atoms with Gasteiger partial charge >= 0.3 is 0 Å². The molecule has 7 nitrogen and oxygen atoms in total. The van der Waals surface area contributed by atoms with E-state index in [9.17, 15) is 13.2 Å². The molecule has 0 saturated heterocycles. The van der Waals surface area contributed by atoms with Crippen LogP contribution in [0.3, 0.4) is 0 Å². The van der Waals surface area contributed by atoms with E-state index < -0.39 is 10.0 Å². The van der Waals surface area contributed by atoms with Crippen LogP contribution in [0.4, 0.5) is 0 Å². The summed E-state index contributed by atoms with van der Waals surface area (Å²) < 4.78 is 32.2. The monoisotopic (exact) mass is 391 g/mol. The molecule has 2 aromatic heterocycles. The van der Waals surface area contributed by atoms with E-state index >= 15 is 0 Å². The molecular weight excluding hydrogens is 374 g/mol. The third-order valence-electron chi connectivity index (χ3n) is 3.53. The summed E-state index contributed by atoms with van der Waals surface area (Å²) in [5, 5.41) is 8.44. The fourth-order valence-electron chi connectivity index (χ4n) is 2.24. The number of sulfonamides is 1. The van der Waals surface area contributed by atoms with Crippen LogP contribution in [-0.2, 0) is 23.1 Å². The molecule has 26 heavy (non-hydrogen) atoms. The number of nitrogens with one attached hydrogen (secondary N) is 2. The third kappa shape index (κ3) is 4.57. The molecule has 0 aliphatic rings. The minimum atomic E-state index is -3.77. The highest BCUT2D eigenvalue weighted by Crippen LogP contribution is 2.13. The Hall–Kier alpha value is -2.49. The van der Waals surface area contributed by atoms with Gasteiger partial charge in [0, 0.05) is 16.5 Å². The zero-order valence-electron chi connectivity index (χ0n) is 13.9. The molecule has 0 saturated carbocycles. The number of hydrogen-bond donors (Lipinski definition) is 2. The first kappa shape index (κ1) is 18.3. The highest BCUT2D eigenvalue weighted by Gasteiger charge is 2.17. The van der Waals surface area contributed by atoms with Crippen molar-refractivity contribution in [2.24, 2.45) is 0 Å². The quantitative estimate of drug-likeness (QED) is 0.644. The first-order valence-corrected chi connectivity index (χ1v) is 10.1. The number of aryl methyl sites for hydroxylation is 1. The van der Waals surface area contributed by atoms with Gasteiger partial charge in [-0.25, -0.2) is 13.1 Å². The van der Waals surface area contributed by atoms with Crippen LogP contribution in [0.1, 0.15) is 26.7 Å². The van der Waals surface area contributed by atoms with Crippen molar-refractivity contribution in [3.05, 3.63) is 69.7 Å². The number of benzene rings is 1. The lowest BCUT2D eigenvalue weighted by molar-refractivity contribution is 0.0951. The maximum atomic E-state index is 12.4. The Kier molecular flexibility index (Phi) is 5.50. The van der Waals surface area contributed by atoms with E-state index in [2.05, 4.69) is 15.2 Å². The van der Waals surface area contributed by atoms with Crippen molar-refractivity contribution in [3.63, 3.8) is 0 Å². The fraction of sp³-hybridized carbons (Fsp3) is 0.176. The summed E-state index contributed by atoms with van der Waals surface area (Å²) in [4.78, 5) is 13.3. The Balaban J connectivity index is 1.67. The summed E-state index contributed by atoms with van der Waals surface area (Å²) in [5.41, 5.74) is 0.762. The van der Waals surface area contributed by atoms with Crippen LogP contribution < -0.4 is 10.0 Å². The number of carbonyl (C=O) groups excluding carboxylic acids is 1. The topological polar surface area (TPSA) is 101 Å². The van der Waals surface area contributed by atoms with E-state index in [1.807, 2.05) is 17.5 Å². The first-order valence-electron chi connectivity index (χ1n) is 7.76. The van der Waals surface area contributed by atoms with Gasteiger partial charge in [0.2, 0.25) is 10.0 Å². The molecule has 0 unspecified atom stereocenters. The van der Waals surface area contributed by atoms with Gasteiger partial charge in [-0.3, -0.25) is 4.79 Å². The van der Waals surface area contributed by atoms with Crippen LogP contribution in [-0.4, -0.2) is 19.5 Å². The zero-order valence-corrected chi connectivity index (χ0v) is 15.6. The van der Waals surface area contributed by atoms with Crippen molar-refractivity contribution in [1.82, 2.24) is 15.2 Å². The van der Waals surface area contributed by atoms with Gasteiger partial charge in [0.1, 0.15) is 5.76 Å². The lowest BCUT2D eigenvalue weighted by Gasteiger charge is -2.08. The van der Waals surface area contributed by atoms with Gasteiger partial charge in [-0.1, -0.05) is 17.3 Å². The Morgan fingerprint density at radius 1 is 1.19 bits per heavy atom. The molecule has 0 fully saturated rings. The molecule has 9 heteroatoms. The first-order chi connectivity index (χ1) is 12.4. The highest BCUT2D eigenvalue weighted by atomic mass is 32.2. The molecule has 136 valence electrons. The summed E-state index contributed by atoms with van der Waals surface area (Å²) in [7, 11) is -3.77. The van der Waals surface area contributed by atoms with Crippen molar-refractivity contribution >= 4 is 27.3 Å².